The van der Waals surface area contributed by atoms with Crippen molar-refractivity contribution in [3.05, 3.63) is 63.1 Å². The molecule has 0 fully saturated rings. The lowest BCUT2D eigenvalue weighted by molar-refractivity contribution is 0.405. The Hall–Kier alpha value is -1.03. The van der Waals surface area contributed by atoms with Crippen LogP contribution in [-0.4, -0.2) is 7.11 Å². The second kappa shape index (κ2) is 6.42. The molecule has 0 aliphatic carbocycles. The topological polar surface area (TPSA) is 35.2 Å². The molecule has 0 bridgehead atoms. The fourth-order valence-electron chi connectivity index (χ4n) is 1.98. The summed E-state index contributed by atoms with van der Waals surface area (Å²) in [5.74, 6) is 0.802. The first kappa shape index (κ1) is 14.4. The van der Waals surface area contributed by atoms with Crippen molar-refractivity contribution in [2.45, 2.75) is 12.5 Å². The van der Waals surface area contributed by atoms with Crippen molar-refractivity contribution >= 4 is 27.5 Å². The van der Waals surface area contributed by atoms with Gasteiger partial charge in [0, 0.05) is 21.1 Å². The highest BCUT2D eigenvalue weighted by Gasteiger charge is 2.13. The quantitative estimate of drug-likeness (QED) is 0.898. The monoisotopic (exact) mass is 339 g/mol. The molecule has 4 heteroatoms. The standard InChI is InChI=1S/C15H15BrClNO/c1-19-15-9-11(16)4-7-13(15)14(18)8-10-2-5-12(17)6-3-10/h2-7,9,14H,8,18H2,1H3. The predicted octanol–water partition coefficient (Wildman–Crippen LogP) is 4.35. The van der Waals surface area contributed by atoms with Gasteiger partial charge in [0.15, 0.2) is 0 Å². The summed E-state index contributed by atoms with van der Waals surface area (Å²) in [6, 6.07) is 13.5. The first-order valence-corrected chi connectivity index (χ1v) is 7.10. The van der Waals surface area contributed by atoms with Gasteiger partial charge >= 0.3 is 0 Å². The maximum absolute atomic E-state index is 6.26. The summed E-state index contributed by atoms with van der Waals surface area (Å²) < 4.78 is 6.35. The molecule has 1 unspecified atom stereocenters. The molecule has 0 saturated heterocycles. The van der Waals surface area contributed by atoms with Gasteiger partial charge in [-0.2, -0.15) is 0 Å². The molecule has 2 nitrogen and oxygen atoms in total. The van der Waals surface area contributed by atoms with Crippen molar-refractivity contribution in [1.82, 2.24) is 0 Å². The molecule has 2 aromatic carbocycles. The molecule has 0 saturated carbocycles. The highest BCUT2D eigenvalue weighted by Crippen LogP contribution is 2.29. The zero-order chi connectivity index (χ0) is 13.8. The van der Waals surface area contributed by atoms with Crippen LogP contribution in [0, 0.1) is 0 Å². The van der Waals surface area contributed by atoms with Crippen molar-refractivity contribution in [3.63, 3.8) is 0 Å². The Morgan fingerprint density at radius 2 is 1.89 bits per heavy atom. The first-order chi connectivity index (χ1) is 9.10. The van der Waals surface area contributed by atoms with Crippen molar-refractivity contribution in [2.75, 3.05) is 7.11 Å². The molecule has 1 atom stereocenters. The molecule has 2 N–H and O–H groups in total. The molecule has 0 radical (unpaired) electrons. The van der Waals surface area contributed by atoms with Gasteiger partial charge in [-0.1, -0.05) is 45.7 Å². The zero-order valence-corrected chi connectivity index (χ0v) is 12.9. The van der Waals surface area contributed by atoms with Crippen LogP contribution in [0.25, 0.3) is 0 Å². The number of rotatable bonds is 4. The summed E-state index contributed by atoms with van der Waals surface area (Å²) in [5, 5.41) is 0.735. The second-order valence-electron chi connectivity index (χ2n) is 4.32. The van der Waals surface area contributed by atoms with E-state index in [4.69, 9.17) is 22.1 Å². The number of methoxy groups -OCH3 is 1. The number of benzene rings is 2. The fraction of sp³-hybridized carbons (Fsp3) is 0.200. The van der Waals surface area contributed by atoms with Gasteiger partial charge in [-0.25, -0.2) is 0 Å². The zero-order valence-electron chi connectivity index (χ0n) is 10.6. The maximum Gasteiger partial charge on any atom is 0.124 e. The Labute approximate surface area is 126 Å². The Bertz CT molecular complexity index is 557. The number of hydrogen-bond acceptors (Lipinski definition) is 2. The third-order valence-corrected chi connectivity index (χ3v) is 3.71. The minimum absolute atomic E-state index is 0.107. The van der Waals surface area contributed by atoms with Gasteiger partial charge in [-0.05, 0) is 36.2 Å². The summed E-state index contributed by atoms with van der Waals surface area (Å²) in [4.78, 5) is 0. The Morgan fingerprint density at radius 3 is 2.53 bits per heavy atom. The van der Waals surface area contributed by atoms with Gasteiger partial charge in [0.05, 0.1) is 7.11 Å². The summed E-state index contributed by atoms with van der Waals surface area (Å²) >= 11 is 9.30. The van der Waals surface area contributed by atoms with Crippen molar-refractivity contribution < 1.29 is 4.74 Å². The molecule has 2 aromatic rings. The molecule has 19 heavy (non-hydrogen) atoms. The smallest absolute Gasteiger partial charge is 0.124 e. The van der Waals surface area contributed by atoms with E-state index < -0.39 is 0 Å². The SMILES string of the molecule is COc1cc(Br)ccc1C(N)Cc1ccc(Cl)cc1. The third-order valence-electron chi connectivity index (χ3n) is 2.96. The minimum Gasteiger partial charge on any atom is -0.496 e. The third kappa shape index (κ3) is 3.72. The molecule has 0 amide bonds. The van der Waals surface area contributed by atoms with Crippen LogP contribution < -0.4 is 10.5 Å². The van der Waals surface area contributed by atoms with E-state index in [0.717, 1.165) is 32.8 Å². The van der Waals surface area contributed by atoms with E-state index in [0.29, 0.717) is 0 Å². The van der Waals surface area contributed by atoms with E-state index in [9.17, 15) is 0 Å². The summed E-state index contributed by atoms with van der Waals surface area (Å²) in [7, 11) is 1.65. The lowest BCUT2D eigenvalue weighted by atomic mass is 9.99. The van der Waals surface area contributed by atoms with Crippen molar-refractivity contribution in [1.29, 1.82) is 0 Å². The highest BCUT2D eigenvalue weighted by atomic mass is 79.9. The number of ether oxygens (including phenoxy) is 1. The molecule has 0 aliphatic rings. The van der Waals surface area contributed by atoms with Crippen LogP contribution in [0.1, 0.15) is 17.2 Å². The van der Waals surface area contributed by atoms with Gasteiger partial charge in [0.25, 0.3) is 0 Å². The lowest BCUT2D eigenvalue weighted by Crippen LogP contribution is -2.14. The van der Waals surface area contributed by atoms with E-state index in [1.807, 2.05) is 42.5 Å². The van der Waals surface area contributed by atoms with Gasteiger partial charge < -0.3 is 10.5 Å². The van der Waals surface area contributed by atoms with Crippen molar-refractivity contribution in [3.8, 4) is 5.75 Å². The normalized spacial score (nSPS) is 12.2. The summed E-state index contributed by atoms with van der Waals surface area (Å²) in [5.41, 5.74) is 8.42. The van der Waals surface area contributed by atoms with Gasteiger partial charge in [0.2, 0.25) is 0 Å². The van der Waals surface area contributed by atoms with Crippen LogP contribution >= 0.6 is 27.5 Å². The van der Waals surface area contributed by atoms with E-state index in [2.05, 4.69) is 15.9 Å². The fourth-order valence-corrected chi connectivity index (χ4v) is 2.44. The molecular weight excluding hydrogens is 326 g/mol. The molecule has 0 aliphatic heterocycles. The number of hydrogen-bond donors (Lipinski definition) is 1. The largest absolute Gasteiger partial charge is 0.496 e. The average molecular weight is 341 g/mol. The van der Waals surface area contributed by atoms with Crippen LogP contribution in [-0.2, 0) is 6.42 Å². The molecule has 2 rings (SSSR count). The molecule has 0 heterocycles. The second-order valence-corrected chi connectivity index (χ2v) is 5.68. The maximum atomic E-state index is 6.26. The minimum atomic E-state index is -0.107. The van der Waals surface area contributed by atoms with Crippen LogP contribution in [0.5, 0.6) is 5.75 Å². The summed E-state index contributed by atoms with van der Waals surface area (Å²) in [6.07, 6.45) is 0.745. The molecule has 0 spiro atoms. The van der Waals surface area contributed by atoms with Crippen LogP contribution in [0.2, 0.25) is 5.02 Å². The number of halogens is 2. The number of nitrogens with two attached hydrogens (primary N) is 1. The Balaban J connectivity index is 2.19. The van der Waals surface area contributed by atoms with Crippen LogP contribution in [0.4, 0.5) is 0 Å². The van der Waals surface area contributed by atoms with E-state index in [1.165, 1.54) is 0 Å². The first-order valence-electron chi connectivity index (χ1n) is 5.93. The van der Waals surface area contributed by atoms with Gasteiger partial charge in [0.1, 0.15) is 5.75 Å². The highest BCUT2D eigenvalue weighted by molar-refractivity contribution is 9.10. The van der Waals surface area contributed by atoms with Crippen LogP contribution in [0.15, 0.2) is 46.9 Å². The van der Waals surface area contributed by atoms with E-state index in [1.54, 1.807) is 7.11 Å². The van der Waals surface area contributed by atoms with Crippen molar-refractivity contribution in [2.24, 2.45) is 5.73 Å². The lowest BCUT2D eigenvalue weighted by Gasteiger charge is -2.16. The predicted molar refractivity (Wildman–Crippen MR) is 82.8 cm³/mol. The Kier molecular flexibility index (Phi) is 4.86. The molecule has 0 aromatic heterocycles. The molecule has 100 valence electrons. The molecular formula is C15H15BrClNO. The van der Waals surface area contributed by atoms with Gasteiger partial charge in [-0.15, -0.1) is 0 Å². The van der Waals surface area contributed by atoms with Crippen LogP contribution in [0.3, 0.4) is 0 Å². The van der Waals surface area contributed by atoms with E-state index in [-0.39, 0.29) is 6.04 Å². The average Bonchev–Trinajstić information content (AvgIpc) is 2.41. The van der Waals surface area contributed by atoms with Gasteiger partial charge in [-0.3, -0.25) is 0 Å². The summed E-state index contributed by atoms with van der Waals surface area (Å²) in [6.45, 7) is 0. The Morgan fingerprint density at radius 1 is 1.21 bits per heavy atom. The van der Waals surface area contributed by atoms with E-state index >= 15 is 0 Å².